The van der Waals surface area contributed by atoms with Gasteiger partial charge in [-0.3, -0.25) is 0 Å². The minimum absolute atomic E-state index is 0.175. The first-order chi connectivity index (χ1) is 10.2. The average molecular weight is 350 g/mol. The molecule has 1 fully saturated rings. The van der Waals surface area contributed by atoms with Crippen molar-refractivity contribution in [3.8, 4) is 0 Å². The summed E-state index contributed by atoms with van der Waals surface area (Å²) in [5, 5.41) is 11.3. The molecule has 1 heterocycles. The second kappa shape index (κ2) is 8.36. The molecule has 2 rings (SSSR count). The summed E-state index contributed by atoms with van der Waals surface area (Å²) >= 11 is 9.42. The summed E-state index contributed by atoms with van der Waals surface area (Å²) in [6.45, 7) is 2.37. The van der Waals surface area contributed by atoms with E-state index in [9.17, 15) is 9.90 Å². The highest BCUT2D eigenvalue weighted by molar-refractivity contribution is 8.01. The molecule has 1 aromatic heterocycles. The lowest BCUT2D eigenvalue weighted by Crippen LogP contribution is -2.18. The molecule has 1 aromatic rings. The molecule has 3 atom stereocenters. The highest BCUT2D eigenvalue weighted by Gasteiger charge is 2.33. The number of nitrogens with zero attached hydrogens (tertiary/aromatic N) is 1. The predicted octanol–water partition coefficient (Wildman–Crippen LogP) is 3.43. The molecule has 0 spiro atoms. The first-order valence-corrected chi connectivity index (χ1v) is 9.46. The smallest absolute Gasteiger partial charge is 0.357 e. The average Bonchev–Trinajstić information content (AvgIpc) is 3.07. The van der Waals surface area contributed by atoms with Gasteiger partial charge in [0.25, 0.3) is 0 Å². The third-order valence-corrected chi connectivity index (χ3v) is 6.36. The van der Waals surface area contributed by atoms with Crippen molar-refractivity contribution in [3.05, 3.63) is 11.1 Å². The van der Waals surface area contributed by atoms with E-state index in [1.807, 2.05) is 0 Å². The van der Waals surface area contributed by atoms with Crippen molar-refractivity contribution in [2.75, 3.05) is 19.0 Å². The molecule has 0 bridgehead atoms. The molecule has 0 radical (unpaired) electrons. The molecule has 0 aromatic carbocycles. The van der Waals surface area contributed by atoms with Gasteiger partial charge in [-0.2, -0.15) is 0 Å². The Morgan fingerprint density at radius 1 is 1.62 bits per heavy atom. The molecule has 3 unspecified atom stereocenters. The predicted molar refractivity (Wildman–Crippen MR) is 86.4 cm³/mol. The zero-order valence-electron chi connectivity index (χ0n) is 12.0. The van der Waals surface area contributed by atoms with Gasteiger partial charge in [0.1, 0.15) is 0 Å². The summed E-state index contributed by atoms with van der Waals surface area (Å²) in [6.07, 6.45) is 2.98. The van der Waals surface area contributed by atoms with Crippen LogP contribution < -0.4 is 0 Å². The third-order valence-electron chi connectivity index (χ3n) is 3.76. The number of alkyl halides is 1. The number of hydrogen-bond donors (Lipinski definition) is 1. The molecule has 1 aliphatic carbocycles. The highest BCUT2D eigenvalue weighted by Crippen LogP contribution is 2.39. The zero-order valence-corrected chi connectivity index (χ0v) is 14.3. The number of carbonyl (C=O) groups is 1. The molecular weight excluding hydrogens is 330 g/mol. The Kier molecular flexibility index (Phi) is 6.79. The lowest BCUT2D eigenvalue weighted by Gasteiger charge is -2.19. The fourth-order valence-electron chi connectivity index (χ4n) is 2.64. The van der Waals surface area contributed by atoms with Crippen LogP contribution in [0.2, 0.25) is 0 Å². The number of ether oxygens (including phenoxy) is 1. The van der Waals surface area contributed by atoms with Crippen LogP contribution in [0.1, 0.15) is 36.7 Å². The van der Waals surface area contributed by atoms with E-state index in [2.05, 4.69) is 4.98 Å². The van der Waals surface area contributed by atoms with Gasteiger partial charge in [-0.15, -0.1) is 22.9 Å². The van der Waals surface area contributed by atoms with Gasteiger partial charge >= 0.3 is 5.97 Å². The third kappa shape index (κ3) is 4.58. The molecule has 0 amide bonds. The van der Waals surface area contributed by atoms with Crippen molar-refractivity contribution in [1.29, 1.82) is 0 Å². The van der Waals surface area contributed by atoms with E-state index in [0.717, 1.165) is 29.4 Å². The summed E-state index contributed by atoms with van der Waals surface area (Å²) in [7, 11) is 0. The molecule has 0 aliphatic heterocycles. The number of thiazole rings is 1. The van der Waals surface area contributed by atoms with Crippen molar-refractivity contribution in [1.82, 2.24) is 4.98 Å². The normalized spacial score (nSPS) is 25.2. The topological polar surface area (TPSA) is 59.4 Å². The van der Waals surface area contributed by atoms with Crippen molar-refractivity contribution >= 4 is 40.7 Å². The first-order valence-electron chi connectivity index (χ1n) is 7.16. The maximum Gasteiger partial charge on any atom is 0.357 e. The van der Waals surface area contributed by atoms with Crippen LogP contribution in [0.4, 0.5) is 0 Å². The minimum Gasteiger partial charge on any atom is -0.461 e. The van der Waals surface area contributed by atoms with Gasteiger partial charge in [-0.1, -0.05) is 11.8 Å². The highest BCUT2D eigenvalue weighted by atomic mass is 35.5. The molecule has 118 valence electrons. The van der Waals surface area contributed by atoms with Crippen molar-refractivity contribution < 1.29 is 14.6 Å². The van der Waals surface area contributed by atoms with Crippen LogP contribution in [0.15, 0.2) is 9.72 Å². The minimum atomic E-state index is -0.363. The maximum absolute atomic E-state index is 11.5. The summed E-state index contributed by atoms with van der Waals surface area (Å²) in [4.78, 5) is 15.8. The lowest BCUT2D eigenvalue weighted by molar-refractivity contribution is 0.0520. The van der Waals surface area contributed by atoms with E-state index in [1.54, 1.807) is 24.1 Å². The monoisotopic (exact) mass is 349 g/mol. The van der Waals surface area contributed by atoms with Gasteiger partial charge in [0, 0.05) is 23.1 Å². The summed E-state index contributed by atoms with van der Waals surface area (Å²) in [5.74, 6) is 1.26. The maximum atomic E-state index is 11.5. The molecule has 0 saturated heterocycles. The Morgan fingerprint density at radius 3 is 3.14 bits per heavy atom. The number of aliphatic hydroxyl groups excluding tert-OH is 1. The van der Waals surface area contributed by atoms with Gasteiger partial charge in [0.05, 0.1) is 6.61 Å². The van der Waals surface area contributed by atoms with Gasteiger partial charge < -0.3 is 9.84 Å². The summed E-state index contributed by atoms with van der Waals surface area (Å²) < 4.78 is 5.80. The molecule has 4 nitrogen and oxygen atoms in total. The second-order valence-corrected chi connectivity index (χ2v) is 7.82. The van der Waals surface area contributed by atoms with Crippen LogP contribution >= 0.6 is 34.7 Å². The van der Waals surface area contributed by atoms with Crippen molar-refractivity contribution in [2.24, 2.45) is 11.8 Å². The van der Waals surface area contributed by atoms with Crippen LogP contribution in [0.5, 0.6) is 0 Å². The number of thioether (sulfide) groups is 1. The molecule has 1 saturated carbocycles. The van der Waals surface area contributed by atoms with Crippen LogP contribution in [0.25, 0.3) is 0 Å². The number of rotatable bonds is 7. The number of carbonyl (C=O) groups excluding carboxylic acids is 1. The molecule has 7 heteroatoms. The Balaban J connectivity index is 1.79. The Bertz CT molecular complexity index is 469. The molecule has 1 aliphatic rings. The summed E-state index contributed by atoms with van der Waals surface area (Å²) in [6, 6.07) is 0. The van der Waals surface area contributed by atoms with Gasteiger partial charge in [0.2, 0.25) is 0 Å². The Hall–Kier alpha value is -0.300. The SMILES string of the molecule is CCOC(=O)c1csc(SCCC2C(Cl)CCC2CO)n1. The van der Waals surface area contributed by atoms with Crippen molar-refractivity contribution in [2.45, 2.75) is 35.9 Å². The van der Waals surface area contributed by atoms with Crippen molar-refractivity contribution in [3.63, 3.8) is 0 Å². The number of halogens is 1. The van der Waals surface area contributed by atoms with Crippen LogP contribution in [-0.4, -0.2) is 40.4 Å². The van der Waals surface area contributed by atoms with E-state index in [-0.39, 0.29) is 18.0 Å². The van der Waals surface area contributed by atoms with Crippen LogP contribution in [0.3, 0.4) is 0 Å². The van der Waals surface area contributed by atoms with E-state index in [4.69, 9.17) is 16.3 Å². The lowest BCUT2D eigenvalue weighted by atomic mass is 9.94. The largest absolute Gasteiger partial charge is 0.461 e. The fraction of sp³-hybridized carbons (Fsp3) is 0.714. The quantitative estimate of drug-likeness (QED) is 0.464. The Morgan fingerprint density at radius 2 is 2.43 bits per heavy atom. The molecular formula is C14H20ClNO3S2. The van der Waals surface area contributed by atoms with E-state index < -0.39 is 0 Å². The number of aromatic nitrogens is 1. The fourth-order valence-corrected chi connectivity index (χ4v) is 5.01. The van der Waals surface area contributed by atoms with Gasteiger partial charge in [-0.25, -0.2) is 9.78 Å². The first kappa shape index (κ1) is 17.1. The van der Waals surface area contributed by atoms with E-state index in [1.165, 1.54) is 11.3 Å². The number of hydrogen-bond acceptors (Lipinski definition) is 6. The van der Waals surface area contributed by atoms with Gasteiger partial charge in [-0.05, 0) is 38.0 Å². The van der Waals surface area contributed by atoms with Gasteiger partial charge in [0.15, 0.2) is 10.0 Å². The van der Waals surface area contributed by atoms with Crippen LogP contribution in [0, 0.1) is 11.8 Å². The second-order valence-electron chi connectivity index (χ2n) is 5.06. The zero-order chi connectivity index (χ0) is 15.2. The Labute approximate surface area is 138 Å². The number of esters is 1. The molecule has 21 heavy (non-hydrogen) atoms. The van der Waals surface area contributed by atoms with E-state index in [0.29, 0.717) is 24.1 Å². The summed E-state index contributed by atoms with van der Waals surface area (Å²) in [5.41, 5.74) is 0.383. The van der Waals surface area contributed by atoms with E-state index >= 15 is 0 Å². The molecule has 1 N–H and O–H groups in total. The van der Waals surface area contributed by atoms with Crippen LogP contribution in [-0.2, 0) is 4.74 Å². The standard InChI is InChI=1S/C14H20ClNO3S2/c1-2-19-13(18)12-8-21-14(16-12)20-6-5-10-9(7-17)3-4-11(10)15/h8-11,17H,2-7H2,1H3. The number of aliphatic hydroxyl groups is 1.